The van der Waals surface area contributed by atoms with Crippen molar-refractivity contribution in [2.45, 2.75) is 6.54 Å². The number of nitrogens with zero attached hydrogens (tertiary/aromatic N) is 2. The Balaban J connectivity index is 0.00000306. The third kappa shape index (κ3) is 5.97. The first kappa shape index (κ1) is 24.8. The monoisotopic (exact) mass is 500 g/mol. The van der Waals surface area contributed by atoms with Crippen molar-refractivity contribution in [1.82, 2.24) is 0 Å². The van der Waals surface area contributed by atoms with Crippen molar-refractivity contribution in [3.05, 3.63) is 105 Å². The molecule has 1 heterocycles. The van der Waals surface area contributed by atoms with Crippen molar-refractivity contribution in [3.8, 4) is 0 Å². The highest BCUT2D eigenvalue weighted by atomic mass is 35.5. The van der Waals surface area contributed by atoms with Crippen molar-refractivity contribution in [3.63, 3.8) is 0 Å². The molecule has 0 bridgehead atoms. The first-order valence-corrected chi connectivity index (χ1v) is 11.0. The number of carbonyl (C=O) groups excluding carboxylic acids is 1. The number of allylic oxidation sites excluding steroid dienone is 1. The molecule has 1 aliphatic heterocycles. The number of benzodiazepines with no additional fused rings is 1. The highest BCUT2D eigenvalue weighted by Gasteiger charge is 2.17. The molecule has 4 rings (SSSR count). The summed E-state index contributed by atoms with van der Waals surface area (Å²) in [7, 11) is 1.39. The molecule has 0 atom stereocenters. The number of fused-ring (bicyclic) bond motifs is 1. The van der Waals surface area contributed by atoms with Gasteiger partial charge in [0.2, 0.25) is 0 Å². The largest absolute Gasteiger partial charge is 0.465 e. The Labute approximate surface area is 209 Å². The molecule has 33 heavy (non-hydrogen) atoms. The summed E-state index contributed by atoms with van der Waals surface area (Å²) in [5, 5.41) is 1.07. The van der Waals surface area contributed by atoms with Gasteiger partial charge in [-0.3, -0.25) is 4.99 Å². The maximum absolute atomic E-state index is 11.7. The topological polar surface area (TPSA) is 41.9 Å². The van der Waals surface area contributed by atoms with Crippen LogP contribution in [0.4, 0.5) is 5.69 Å². The van der Waals surface area contributed by atoms with Crippen LogP contribution in [0.15, 0.2) is 77.8 Å². The second kappa shape index (κ2) is 11.4. The van der Waals surface area contributed by atoms with Gasteiger partial charge in [0.25, 0.3) is 0 Å². The minimum absolute atomic E-state index is 0. The fraction of sp³-hybridized carbons (Fsp3) is 0.154. The van der Waals surface area contributed by atoms with E-state index in [1.807, 2.05) is 48.6 Å². The van der Waals surface area contributed by atoms with Crippen LogP contribution in [0.2, 0.25) is 10.0 Å². The van der Waals surface area contributed by atoms with Gasteiger partial charge in [0.15, 0.2) is 0 Å². The molecule has 3 aromatic carbocycles. The molecule has 7 heteroatoms. The smallest absolute Gasteiger partial charge is 0.337 e. The number of esters is 1. The van der Waals surface area contributed by atoms with Crippen LogP contribution in [0.3, 0.4) is 0 Å². The summed E-state index contributed by atoms with van der Waals surface area (Å²) in [6.07, 6.45) is 4.02. The van der Waals surface area contributed by atoms with Crippen LogP contribution in [0.1, 0.15) is 27.0 Å². The van der Waals surface area contributed by atoms with Crippen molar-refractivity contribution >= 4 is 59.1 Å². The van der Waals surface area contributed by atoms with E-state index >= 15 is 0 Å². The molecule has 0 N–H and O–H groups in total. The van der Waals surface area contributed by atoms with Crippen molar-refractivity contribution in [2.75, 3.05) is 25.1 Å². The van der Waals surface area contributed by atoms with Gasteiger partial charge in [-0.25, -0.2) is 4.79 Å². The van der Waals surface area contributed by atoms with Gasteiger partial charge in [0.1, 0.15) is 0 Å². The van der Waals surface area contributed by atoms with Crippen molar-refractivity contribution in [2.24, 2.45) is 4.99 Å². The zero-order valence-corrected chi connectivity index (χ0v) is 20.3. The number of methoxy groups -OCH3 is 1. The first-order chi connectivity index (χ1) is 15.5. The van der Waals surface area contributed by atoms with E-state index in [4.69, 9.17) is 32.9 Å². The van der Waals surface area contributed by atoms with Crippen LogP contribution in [-0.4, -0.2) is 31.9 Å². The molecule has 0 aliphatic carbocycles. The van der Waals surface area contributed by atoms with Gasteiger partial charge in [-0.2, -0.15) is 0 Å². The lowest BCUT2D eigenvalue weighted by Crippen LogP contribution is -2.25. The van der Waals surface area contributed by atoms with E-state index in [0.717, 1.165) is 41.2 Å². The number of hydrogen-bond acceptors (Lipinski definition) is 4. The van der Waals surface area contributed by atoms with E-state index in [2.05, 4.69) is 17.0 Å². The second-order valence-corrected chi connectivity index (χ2v) is 8.22. The van der Waals surface area contributed by atoms with Crippen LogP contribution in [0, 0.1) is 0 Å². The fourth-order valence-corrected chi connectivity index (χ4v) is 3.95. The molecule has 4 nitrogen and oxygen atoms in total. The summed E-state index contributed by atoms with van der Waals surface area (Å²) in [6.45, 7) is 2.19. The Morgan fingerprint density at radius 3 is 2.52 bits per heavy atom. The number of benzene rings is 3. The van der Waals surface area contributed by atoms with E-state index < -0.39 is 0 Å². The van der Waals surface area contributed by atoms with E-state index in [-0.39, 0.29) is 18.4 Å². The summed E-state index contributed by atoms with van der Waals surface area (Å²) in [5.41, 5.74) is 5.75. The minimum Gasteiger partial charge on any atom is -0.465 e. The molecule has 0 saturated heterocycles. The number of aliphatic imine (C=N–C) groups is 1. The molecule has 1 aliphatic rings. The Morgan fingerprint density at radius 1 is 1.03 bits per heavy atom. The third-order valence-electron chi connectivity index (χ3n) is 5.30. The second-order valence-electron chi connectivity index (χ2n) is 7.40. The summed E-state index contributed by atoms with van der Waals surface area (Å²) in [4.78, 5) is 18.8. The van der Waals surface area contributed by atoms with Crippen LogP contribution in [-0.2, 0) is 11.3 Å². The molecule has 0 fully saturated rings. The predicted molar refractivity (Wildman–Crippen MR) is 139 cm³/mol. The van der Waals surface area contributed by atoms with Gasteiger partial charge in [-0.15, -0.1) is 12.4 Å². The van der Waals surface area contributed by atoms with E-state index in [0.29, 0.717) is 22.2 Å². The van der Waals surface area contributed by atoms with Crippen LogP contribution < -0.4 is 4.90 Å². The van der Waals surface area contributed by atoms with Gasteiger partial charge in [-0.05, 0) is 47.5 Å². The third-order valence-corrected chi connectivity index (χ3v) is 6.04. The average Bonchev–Trinajstić information content (AvgIpc) is 2.99. The Bertz CT molecular complexity index is 1190. The van der Waals surface area contributed by atoms with Gasteiger partial charge in [0, 0.05) is 24.3 Å². The summed E-state index contributed by atoms with van der Waals surface area (Å²) in [6, 6.07) is 21.4. The summed E-state index contributed by atoms with van der Waals surface area (Å²) >= 11 is 12.2. The highest BCUT2D eigenvalue weighted by Crippen LogP contribution is 2.27. The van der Waals surface area contributed by atoms with Gasteiger partial charge < -0.3 is 9.64 Å². The van der Waals surface area contributed by atoms with E-state index in [1.165, 1.54) is 7.11 Å². The fourth-order valence-electron chi connectivity index (χ4n) is 3.65. The molecular formula is C26H23Cl3N2O2. The van der Waals surface area contributed by atoms with Gasteiger partial charge in [0.05, 0.1) is 35.0 Å². The molecule has 0 amide bonds. The zero-order chi connectivity index (χ0) is 22.5. The number of rotatable bonds is 5. The predicted octanol–water partition coefficient (Wildman–Crippen LogP) is 6.72. The number of para-hydroxylation sites is 1. The quantitative estimate of drug-likeness (QED) is 0.364. The Morgan fingerprint density at radius 2 is 1.79 bits per heavy atom. The normalized spacial score (nSPS) is 13.1. The molecule has 0 aromatic heterocycles. The minimum atomic E-state index is -0.330. The molecule has 3 aromatic rings. The number of ether oxygens (including phenoxy) is 1. The molecule has 0 spiro atoms. The number of hydrogen-bond donors (Lipinski definition) is 0. The van der Waals surface area contributed by atoms with E-state index in [9.17, 15) is 4.79 Å². The van der Waals surface area contributed by atoms with Gasteiger partial charge >= 0.3 is 5.97 Å². The van der Waals surface area contributed by atoms with Crippen LogP contribution >= 0.6 is 35.6 Å². The lowest BCUT2D eigenvalue weighted by molar-refractivity contribution is 0.0600. The Kier molecular flexibility index (Phi) is 8.56. The van der Waals surface area contributed by atoms with Crippen molar-refractivity contribution in [1.29, 1.82) is 0 Å². The van der Waals surface area contributed by atoms with E-state index in [1.54, 1.807) is 18.2 Å². The molecular weight excluding hydrogens is 479 g/mol. The highest BCUT2D eigenvalue weighted by molar-refractivity contribution is 6.42. The van der Waals surface area contributed by atoms with Gasteiger partial charge in [-0.1, -0.05) is 65.7 Å². The van der Waals surface area contributed by atoms with Crippen LogP contribution in [0.5, 0.6) is 0 Å². The number of carbonyl (C=O) groups is 1. The SMILES string of the molecule is COC(=O)c1ccc(CN2CCN=C(/C=C/c3ccc(Cl)c(Cl)c3)c3ccccc32)cc1.Cl. The number of halogens is 3. The zero-order valence-electron chi connectivity index (χ0n) is 18.0. The maximum atomic E-state index is 11.7. The Hall–Kier alpha value is -2.79. The first-order valence-electron chi connectivity index (χ1n) is 10.2. The van der Waals surface area contributed by atoms with Crippen LogP contribution in [0.25, 0.3) is 6.08 Å². The molecule has 0 radical (unpaired) electrons. The summed E-state index contributed by atoms with van der Waals surface area (Å²) in [5.74, 6) is -0.330. The molecule has 0 unspecified atom stereocenters. The average molecular weight is 502 g/mol. The molecule has 0 saturated carbocycles. The lowest BCUT2D eigenvalue weighted by Gasteiger charge is -2.25. The van der Waals surface area contributed by atoms with Crippen molar-refractivity contribution < 1.29 is 9.53 Å². The summed E-state index contributed by atoms with van der Waals surface area (Å²) < 4.78 is 4.78. The maximum Gasteiger partial charge on any atom is 0.337 e. The molecule has 170 valence electrons. The standard InChI is InChI=1S/C26H22Cl2N2O2.ClH/c1-32-26(31)20-10-6-19(7-11-20)17-30-15-14-29-24(21-4-2-3-5-25(21)30)13-9-18-8-12-22(27)23(28)16-18;/h2-13,16H,14-15,17H2,1H3;1H/b13-9+;. The lowest BCUT2D eigenvalue weighted by atomic mass is 10.0. The number of anilines is 1.